The largest absolute Gasteiger partial charge is 0.208 e. The molecule has 2 aromatic rings. The van der Waals surface area contributed by atoms with Crippen molar-refractivity contribution < 1.29 is 0 Å². The second kappa shape index (κ2) is 4.49. The number of benzene rings is 1. The Labute approximate surface area is 99.4 Å². The number of hydrogen-bond donors (Lipinski definition) is 1. The third-order valence-corrected chi connectivity index (χ3v) is 2.56. The minimum absolute atomic E-state index is 0.488. The summed E-state index contributed by atoms with van der Waals surface area (Å²) in [7, 11) is 0. The molecule has 1 aromatic heterocycles. The van der Waals surface area contributed by atoms with E-state index < -0.39 is 0 Å². The number of aryl methyl sites for hydroxylation is 2. The zero-order chi connectivity index (χ0) is 11.5. The average molecular weight is 232 g/mol. The maximum absolute atomic E-state index is 4.29. The third-order valence-electron chi connectivity index (χ3n) is 2.28. The molecule has 0 radical (unpaired) electrons. The zero-order valence-corrected chi connectivity index (χ0v) is 10.0. The van der Waals surface area contributed by atoms with E-state index in [-0.39, 0.29) is 0 Å². The summed E-state index contributed by atoms with van der Waals surface area (Å²) in [4.78, 5) is 0. The SMILES string of the molecule is Cc1ccccc1C=Nn1c(C)nnc1S. The minimum atomic E-state index is 0.488. The van der Waals surface area contributed by atoms with Crippen LogP contribution < -0.4 is 0 Å². The molecular weight excluding hydrogens is 220 g/mol. The predicted molar refractivity (Wildman–Crippen MR) is 66.2 cm³/mol. The van der Waals surface area contributed by atoms with E-state index in [9.17, 15) is 0 Å². The van der Waals surface area contributed by atoms with E-state index in [4.69, 9.17) is 0 Å². The molecule has 0 fully saturated rings. The van der Waals surface area contributed by atoms with Gasteiger partial charge in [-0.3, -0.25) is 0 Å². The second-order valence-corrected chi connectivity index (χ2v) is 3.86. The van der Waals surface area contributed by atoms with Gasteiger partial charge in [0, 0.05) is 0 Å². The van der Waals surface area contributed by atoms with Crippen molar-refractivity contribution in [2.24, 2.45) is 5.10 Å². The average Bonchev–Trinajstić information content (AvgIpc) is 2.58. The van der Waals surface area contributed by atoms with E-state index in [0.29, 0.717) is 5.16 Å². The Morgan fingerprint density at radius 3 is 2.62 bits per heavy atom. The van der Waals surface area contributed by atoms with Gasteiger partial charge >= 0.3 is 0 Å². The van der Waals surface area contributed by atoms with E-state index in [1.54, 1.807) is 10.9 Å². The molecule has 0 aliphatic carbocycles. The molecule has 4 nitrogen and oxygen atoms in total. The number of rotatable bonds is 2. The van der Waals surface area contributed by atoms with Crippen LogP contribution in [0.3, 0.4) is 0 Å². The second-order valence-electron chi connectivity index (χ2n) is 3.46. The Morgan fingerprint density at radius 2 is 2.00 bits per heavy atom. The molecule has 2 rings (SSSR count). The molecule has 5 heteroatoms. The van der Waals surface area contributed by atoms with Crippen molar-refractivity contribution in [3.63, 3.8) is 0 Å². The normalized spacial score (nSPS) is 11.2. The Hall–Kier alpha value is -1.62. The molecule has 0 amide bonds. The van der Waals surface area contributed by atoms with Crippen LogP contribution in [0.1, 0.15) is 17.0 Å². The molecule has 0 aliphatic rings. The van der Waals surface area contributed by atoms with Crippen molar-refractivity contribution in [1.29, 1.82) is 0 Å². The summed E-state index contributed by atoms with van der Waals surface area (Å²) in [6, 6.07) is 8.04. The van der Waals surface area contributed by atoms with Crippen LogP contribution in [0.15, 0.2) is 34.5 Å². The van der Waals surface area contributed by atoms with Crippen LogP contribution >= 0.6 is 12.6 Å². The molecule has 0 saturated carbocycles. The molecule has 0 saturated heterocycles. The summed E-state index contributed by atoms with van der Waals surface area (Å²) in [5, 5.41) is 12.5. The lowest BCUT2D eigenvalue weighted by atomic mass is 10.1. The summed E-state index contributed by atoms with van der Waals surface area (Å²) in [5.74, 6) is 0.717. The number of hydrogen-bond acceptors (Lipinski definition) is 4. The van der Waals surface area contributed by atoms with Crippen LogP contribution in [0.4, 0.5) is 0 Å². The van der Waals surface area contributed by atoms with Crippen molar-refractivity contribution >= 4 is 18.8 Å². The van der Waals surface area contributed by atoms with E-state index in [2.05, 4.69) is 27.9 Å². The number of nitrogens with zero attached hydrogens (tertiary/aromatic N) is 4. The molecule has 0 spiro atoms. The first kappa shape index (κ1) is 10.9. The van der Waals surface area contributed by atoms with Crippen LogP contribution in [0.5, 0.6) is 0 Å². The van der Waals surface area contributed by atoms with Crippen molar-refractivity contribution in [2.45, 2.75) is 19.0 Å². The smallest absolute Gasteiger partial charge is 0.192 e. The molecule has 0 bridgehead atoms. The van der Waals surface area contributed by atoms with Crippen LogP contribution in [-0.4, -0.2) is 21.1 Å². The molecule has 0 unspecified atom stereocenters. The monoisotopic (exact) mass is 232 g/mol. The molecule has 1 heterocycles. The Balaban J connectivity index is 2.32. The van der Waals surface area contributed by atoms with Gasteiger partial charge in [-0.15, -0.1) is 22.8 Å². The summed E-state index contributed by atoms with van der Waals surface area (Å²) in [6.07, 6.45) is 1.78. The molecule has 1 aromatic carbocycles. The van der Waals surface area contributed by atoms with Gasteiger partial charge in [-0.25, -0.2) is 0 Å². The molecule has 0 atom stereocenters. The van der Waals surface area contributed by atoms with Crippen LogP contribution in [0, 0.1) is 13.8 Å². The topological polar surface area (TPSA) is 43.1 Å². The van der Waals surface area contributed by atoms with Crippen molar-refractivity contribution in [3.05, 3.63) is 41.2 Å². The highest BCUT2D eigenvalue weighted by molar-refractivity contribution is 7.80. The summed E-state index contributed by atoms with van der Waals surface area (Å²) in [6.45, 7) is 3.88. The van der Waals surface area contributed by atoms with Gasteiger partial charge in [-0.2, -0.15) is 9.78 Å². The van der Waals surface area contributed by atoms with Crippen molar-refractivity contribution in [3.8, 4) is 0 Å². The van der Waals surface area contributed by atoms with Gasteiger partial charge in [-0.05, 0) is 25.0 Å². The van der Waals surface area contributed by atoms with Gasteiger partial charge in [0.25, 0.3) is 0 Å². The standard InChI is InChI=1S/C11H12N4S/c1-8-5-3-4-6-10(8)7-12-15-9(2)13-14-11(15)16/h3-7H,1-2H3,(H,14,16). The fourth-order valence-electron chi connectivity index (χ4n) is 1.33. The van der Waals surface area contributed by atoms with Gasteiger partial charge in [0.05, 0.1) is 6.21 Å². The maximum atomic E-state index is 4.29. The fourth-order valence-corrected chi connectivity index (χ4v) is 1.57. The maximum Gasteiger partial charge on any atom is 0.208 e. The van der Waals surface area contributed by atoms with Crippen LogP contribution in [0.25, 0.3) is 0 Å². The predicted octanol–water partition coefficient (Wildman–Crippen LogP) is 2.07. The first-order valence-electron chi connectivity index (χ1n) is 4.89. The van der Waals surface area contributed by atoms with Crippen molar-refractivity contribution in [2.75, 3.05) is 0 Å². The first-order chi connectivity index (χ1) is 7.68. The van der Waals surface area contributed by atoms with E-state index in [1.165, 1.54) is 5.56 Å². The van der Waals surface area contributed by atoms with Gasteiger partial charge in [-0.1, -0.05) is 24.3 Å². The lowest BCUT2D eigenvalue weighted by Crippen LogP contribution is -1.95. The number of aromatic nitrogens is 3. The van der Waals surface area contributed by atoms with E-state index in [1.807, 2.05) is 38.1 Å². The van der Waals surface area contributed by atoms with Gasteiger partial charge in [0.15, 0.2) is 5.82 Å². The Kier molecular flexibility index (Phi) is 3.05. The van der Waals surface area contributed by atoms with Crippen molar-refractivity contribution in [1.82, 2.24) is 14.9 Å². The van der Waals surface area contributed by atoms with Crippen LogP contribution in [-0.2, 0) is 0 Å². The third kappa shape index (κ3) is 2.14. The summed E-state index contributed by atoms with van der Waals surface area (Å²) < 4.78 is 1.59. The lowest BCUT2D eigenvalue weighted by Gasteiger charge is -1.99. The first-order valence-corrected chi connectivity index (χ1v) is 5.34. The highest BCUT2D eigenvalue weighted by Gasteiger charge is 2.02. The highest BCUT2D eigenvalue weighted by Crippen LogP contribution is 2.07. The Bertz CT molecular complexity index is 511. The summed E-state index contributed by atoms with van der Waals surface area (Å²) in [5.41, 5.74) is 2.25. The molecular formula is C11H12N4S. The van der Waals surface area contributed by atoms with E-state index in [0.717, 1.165) is 11.4 Å². The highest BCUT2D eigenvalue weighted by atomic mass is 32.1. The zero-order valence-electron chi connectivity index (χ0n) is 9.12. The van der Waals surface area contributed by atoms with E-state index >= 15 is 0 Å². The molecule has 16 heavy (non-hydrogen) atoms. The van der Waals surface area contributed by atoms with Crippen LogP contribution in [0.2, 0.25) is 0 Å². The fraction of sp³-hybridized carbons (Fsp3) is 0.182. The van der Waals surface area contributed by atoms with Gasteiger partial charge in [0.2, 0.25) is 5.16 Å². The summed E-state index contributed by atoms with van der Waals surface area (Å²) >= 11 is 4.17. The number of thiol groups is 1. The molecule has 0 N–H and O–H groups in total. The quantitative estimate of drug-likeness (QED) is 0.636. The molecule has 0 aliphatic heterocycles. The Morgan fingerprint density at radius 1 is 1.25 bits per heavy atom. The van der Waals surface area contributed by atoms with Gasteiger partial charge < -0.3 is 0 Å². The van der Waals surface area contributed by atoms with Gasteiger partial charge in [0.1, 0.15) is 0 Å². The lowest BCUT2D eigenvalue weighted by molar-refractivity contribution is 0.747. The molecule has 82 valence electrons. The minimum Gasteiger partial charge on any atom is -0.192 e.